The molecule has 2 unspecified atom stereocenters. The van der Waals surface area contributed by atoms with Crippen molar-refractivity contribution < 1.29 is 18.8 Å². The highest BCUT2D eigenvalue weighted by Crippen LogP contribution is 2.27. The molecule has 1 aromatic carbocycles. The molecule has 9 nitrogen and oxygen atoms in total. The number of aryl methyl sites for hydroxylation is 1. The fourth-order valence-electron chi connectivity index (χ4n) is 4.14. The molecule has 0 aliphatic carbocycles. The van der Waals surface area contributed by atoms with Crippen LogP contribution in [0.2, 0.25) is 5.15 Å². The number of nitrogens with zero attached hydrogens (tertiary/aromatic N) is 5. The molecule has 1 fully saturated rings. The molecule has 0 saturated carbocycles. The van der Waals surface area contributed by atoms with Crippen LogP contribution in [0.4, 0.5) is 0 Å². The summed E-state index contributed by atoms with van der Waals surface area (Å²) in [6.45, 7) is 5.16. The number of aromatic nitrogens is 5. The van der Waals surface area contributed by atoms with Gasteiger partial charge < -0.3 is 14.0 Å². The number of benzene rings is 1. The van der Waals surface area contributed by atoms with E-state index in [0.29, 0.717) is 54.3 Å². The first-order valence-corrected chi connectivity index (χ1v) is 12.3. The number of esters is 1. The number of carbonyl (C=O) groups is 1. The van der Waals surface area contributed by atoms with Gasteiger partial charge in [-0.1, -0.05) is 29.7 Å². The van der Waals surface area contributed by atoms with E-state index in [9.17, 15) is 4.79 Å². The first kappa shape index (κ1) is 24.1. The smallest absolute Gasteiger partial charge is 0.314 e. The maximum absolute atomic E-state index is 12.6. The van der Waals surface area contributed by atoms with Crippen molar-refractivity contribution >= 4 is 17.6 Å². The number of hydrogen-bond acceptors (Lipinski definition) is 8. The largest absolute Gasteiger partial charge is 0.426 e. The van der Waals surface area contributed by atoms with Crippen LogP contribution >= 0.6 is 11.6 Å². The zero-order valence-electron chi connectivity index (χ0n) is 20.1. The molecular formula is C26H26ClN5O4. The van der Waals surface area contributed by atoms with Gasteiger partial charge in [-0.3, -0.25) is 9.48 Å². The highest BCUT2D eigenvalue weighted by Gasteiger charge is 2.28. The Labute approximate surface area is 213 Å². The summed E-state index contributed by atoms with van der Waals surface area (Å²) in [5, 5.41) is 9.15. The van der Waals surface area contributed by atoms with Crippen molar-refractivity contribution in [1.29, 1.82) is 0 Å². The van der Waals surface area contributed by atoms with Crippen molar-refractivity contribution in [2.45, 2.75) is 45.8 Å². The van der Waals surface area contributed by atoms with E-state index in [-0.39, 0.29) is 18.0 Å². The number of hydrogen-bond donors (Lipinski definition) is 0. The Hall–Kier alpha value is -3.56. The maximum Gasteiger partial charge on any atom is 0.314 e. The molecule has 10 heteroatoms. The summed E-state index contributed by atoms with van der Waals surface area (Å²) in [6, 6.07) is 12.6. The molecule has 1 saturated heterocycles. The van der Waals surface area contributed by atoms with Crippen LogP contribution in [0.3, 0.4) is 0 Å². The number of pyridine rings is 1. The minimum absolute atomic E-state index is 0.121. The van der Waals surface area contributed by atoms with Crippen LogP contribution in [0.15, 0.2) is 53.2 Å². The molecule has 0 N–H and O–H groups in total. The molecule has 1 aliphatic heterocycles. The van der Waals surface area contributed by atoms with E-state index >= 15 is 0 Å². The van der Waals surface area contributed by atoms with E-state index < -0.39 is 0 Å². The van der Waals surface area contributed by atoms with Crippen molar-refractivity contribution in [3.63, 3.8) is 0 Å². The average Bonchev–Trinajstić information content (AvgIpc) is 3.53. The predicted octanol–water partition coefficient (Wildman–Crippen LogP) is 5.12. The van der Waals surface area contributed by atoms with Crippen LogP contribution in [0, 0.1) is 12.8 Å². The van der Waals surface area contributed by atoms with Crippen LogP contribution < -0.4 is 4.74 Å². The topological polar surface area (TPSA) is 105 Å². The van der Waals surface area contributed by atoms with Gasteiger partial charge in [-0.25, -0.2) is 4.98 Å². The van der Waals surface area contributed by atoms with Crippen LogP contribution in [-0.4, -0.2) is 43.6 Å². The quantitative estimate of drug-likeness (QED) is 0.193. The molecule has 1 aliphatic rings. The third-order valence-corrected chi connectivity index (χ3v) is 6.46. The van der Waals surface area contributed by atoms with Gasteiger partial charge >= 0.3 is 5.97 Å². The molecule has 0 radical (unpaired) electrons. The molecule has 4 aromatic rings. The van der Waals surface area contributed by atoms with Gasteiger partial charge in [0.05, 0.1) is 18.6 Å². The lowest BCUT2D eigenvalue weighted by molar-refractivity contribution is -0.144. The third kappa shape index (κ3) is 5.47. The molecule has 4 heterocycles. The third-order valence-electron chi connectivity index (χ3n) is 6.23. The Morgan fingerprint density at radius 3 is 2.81 bits per heavy atom. The van der Waals surface area contributed by atoms with Gasteiger partial charge in [0.25, 0.3) is 5.89 Å². The van der Waals surface area contributed by atoms with Crippen molar-refractivity contribution in [3.8, 4) is 28.7 Å². The second kappa shape index (κ2) is 10.6. The second-order valence-electron chi connectivity index (χ2n) is 8.81. The number of halogens is 1. The van der Waals surface area contributed by atoms with Crippen molar-refractivity contribution in [2.75, 3.05) is 6.61 Å². The summed E-state index contributed by atoms with van der Waals surface area (Å²) in [5.41, 5.74) is 3.25. The van der Waals surface area contributed by atoms with E-state index in [1.807, 2.05) is 23.7 Å². The lowest BCUT2D eigenvalue weighted by Crippen LogP contribution is -2.32. The Morgan fingerprint density at radius 1 is 1.22 bits per heavy atom. The van der Waals surface area contributed by atoms with Crippen LogP contribution in [-0.2, 0) is 16.1 Å². The minimum Gasteiger partial charge on any atom is -0.426 e. The summed E-state index contributed by atoms with van der Waals surface area (Å²) in [6.07, 6.45) is 4.12. The highest BCUT2D eigenvalue weighted by atomic mass is 35.5. The molecule has 0 bridgehead atoms. The molecule has 186 valence electrons. The van der Waals surface area contributed by atoms with E-state index in [1.165, 1.54) is 0 Å². The van der Waals surface area contributed by atoms with E-state index in [1.54, 1.807) is 36.5 Å². The molecule has 0 amide bonds. The molecule has 0 spiro atoms. The number of ether oxygens (including phenoxy) is 2. The maximum atomic E-state index is 12.6. The summed E-state index contributed by atoms with van der Waals surface area (Å²) >= 11 is 5.87. The Morgan fingerprint density at radius 2 is 2.06 bits per heavy atom. The van der Waals surface area contributed by atoms with Gasteiger partial charge in [0, 0.05) is 24.1 Å². The highest BCUT2D eigenvalue weighted by molar-refractivity contribution is 6.29. The van der Waals surface area contributed by atoms with Crippen LogP contribution in [0.25, 0.3) is 23.0 Å². The first-order chi connectivity index (χ1) is 17.5. The molecular weight excluding hydrogens is 482 g/mol. The fraction of sp³-hybridized carbons (Fsp3) is 0.346. The van der Waals surface area contributed by atoms with Crippen molar-refractivity contribution in [2.24, 2.45) is 5.92 Å². The standard InChI is InChI=1S/C26H26ClN5O4/c1-3-20-13-19(10-11-34-20)26(33)35-21-7-5-18(6-8-21)24-29-25(36-31-24)22-12-16(2)32(30-22)15-17-4-9-23(27)28-14-17/h4-9,12,14,19-20H,3,10-11,13,15H2,1-2H3. The van der Waals surface area contributed by atoms with Gasteiger partial charge in [0.15, 0.2) is 5.69 Å². The molecule has 3 aromatic heterocycles. The number of carbonyl (C=O) groups excluding carboxylic acids is 1. The van der Waals surface area contributed by atoms with Gasteiger partial charge in [0.2, 0.25) is 5.82 Å². The summed E-state index contributed by atoms with van der Waals surface area (Å²) in [5.74, 6) is 0.876. The summed E-state index contributed by atoms with van der Waals surface area (Å²) in [7, 11) is 0. The van der Waals surface area contributed by atoms with Gasteiger partial charge in [-0.2, -0.15) is 10.1 Å². The summed E-state index contributed by atoms with van der Waals surface area (Å²) < 4.78 is 18.6. The lowest BCUT2D eigenvalue weighted by Gasteiger charge is -2.27. The van der Waals surface area contributed by atoms with E-state index in [4.69, 9.17) is 25.6 Å². The van der Waals surface area contributed by atoms with Crippen molar-refractivity contribution in [3.05, 3.63) is 65.1 Å². The van der Waals surface area contributed by atoms with Gasteiger partial charge in [-0.15, -0.1) is 0 Å². The lowest BCUT2D eigenvalue weighted by atomic mass is 9.94. The molecule has 36 heavy (non-hydrogen) atoms. The molecule has 5 rings (SSSR count). The van der Waals surface area contributed by atoms with Crippen molar-refractivity contribution in [1.82, 2.24) is 24.9 Å². The SMILES string of the molecule is CCC1CC(C(=O)Oc2ccc(-c3noc(-c4cc(C)n(Cc5ccc(Cl)nc5)n4)n3)cc2)CCO1. The fourth-order valence-corrected chi connectivity index (χ4v) is 4.25. The zero-order valence-corrected chi connectivity index (χ0v) is 20.8. The Kier molecular flexibility index (Phi) is 7.11. The predicted molar refractivity (Wildman–Crippen MR) is 132 cm³/mol. The van der Waals surface area contributed by atoms with Crippen LogP contribution in [0.1, 0.15) is 37.4 Å². The second-order valence-corrected chi connectivity index (χ2v) is 9.20. The van der Waals surface area contributed by atoms with Gasteiger partial charge in [0.1, 0.15) is 10.9 Å². The summed E-state index contributed by atoms with van der Waals surface area (Å²) in [4.78, 5) is 21.2. The normalized spacial score (nSPS) is 17.8. The number of rotatable bonds is 7. The monoisotopic (exact) mass is 507 g/mol. The molecule has 2 atom stereocenters. The van der Waals surface area contributed by atoms with E-state index in [2.05, 4.69) is 27.1 Å². The van der Waals surface area contributed by atoms with E-state index in [0.717, 1.165) is 23.2 Å². The van der Waals surface area contributed by atoms with Crippen LogP contribution in [0.5, 0.6) is 5.75 Å². The zero-order chi connectivity index (χ0) is 25.1. The van der Waals surface area contributed by atoms with Gasteiger partial charge in [-0.05, 0) is 68.1 Å². The first-order valence-electron chi connectivity index (χ1n) is 11.9. The average molecular weight is 508 g/mol. The Bertz CT molecular complexity index is 1330. The Balaban J connectivity index is 1.24. The minimum atomic E-state index is -0.216.